The van der Waals surface area contributed by atoms with Crippen molar-refractivity contribution in [3.63, 3.8) is 0 Å². The Hall–Kier alpha value is -0.940. The van der Waals surface area contributed by atoms with Crippen molar-refractivity contribution < 1.29 is 19.7 Å². The standard InChI is InChI=1S/C11H13BrO4/c12-8-6-9-11(16-5-1-4-15-9)7(2-3-13)10(8)14/h6,13-14H,1-5H2. The van der Waals surface area contributed by atoms with Gasteiger partial charge in [0.1, 0.15) is 5.75 Å². The first-order valence-corrected chi connectivity index (χ1v) is 5.94. The van der Waals surface area contributed by atoms with E-state index in [2.05, 4.69) is 15.9 Å². The van der Waals surface area contributed by atoms with Crippen LogP contribution in [0.25, 0.3) is 0 Å². The molecule has 16 heavy (non-hydrogen) atoms. The smallest absolute Gasteiger partial charge is 0.168 e. The summed E-state index contributed by atoms with van der Waals surface area (Å²) in [6.45, 7) is 1.12. The van der Waals surface area contributed by atoms with Crippen LogP contribution in [0.4, 0.5) is 0 Å². The number of benzene rings is 1. The molecule has 0 saturated heterocycles. The molecule has 88 valence electrons. The fraction of sp³-hybridized carbons (Fsp3) is 0.455. The molecule has 0 atom stereocenters. The molecule has 1 aromatic rings. The van der Waals surface area contributed by atoms with Crippen molar-refractivity contribution in [2.45, 2.75) is 12.8 Å². The van der Waals surface area contributed by atoms with E-state index in [0.29, 0.717) is 41.2 Å². The van der Waals surface area contributed by atoms with Crippen molar-refractivity contribution >= 4 is 15.9 Å². The van der Waals surface area contributed by atoms with Crippen LogP contribution in [0.15, 0.2) is 10.5 Å². The number of hydrogen-bond acceptors (Lipinski definition) is 4. The zero-order chi connectivity index (χ0) is 11.5. The van der Waals surface area contributed by atoms with Gasteiger partial charge in [0.2, 0.25) is 0 Å². The third-order valence-corrected chi connectivity index (χ3v) is 3.03. The van der Waals surface area contributed by atoms with E-state index in [1.54, 1.807) is 6.07 Å². The van der Waals surface area contributed by atoms with Gasteiger partial charge in [-0.2, -0.15) is 0 Å². The van der Waals surface area contributed by atoms with E-state index in [9.17, 15) is 5.11 Å². The van der Waals surface area contributed by atoms with Crippen molar-refractivity contribution in [1.29, 1.82) is 0 Å². The van der Waals surface area contributed by atoms with E-state index in [4.69, 9.17) is 14.6 Å². The van der Waals surface area contributed by atoms with E-state index in [1.165, 1.54) is 0 Å². The molecule has 0 spiro atoms. The monoisotopic (exact) mass is 288 g/mol. The maximum Gasteiger partial charge on any atom is 0.168 e. The number of halogens is 1. The topological polar surface area (TPSA) is 58.9 Å². The second kappa shape index (κ2) is 4.93. The number of hydrogen-bond donors (Lipinski definition) is 2. The normalized spacial score (nSPS) is 14.6. The Bertz CT molecular complexity index is 392. The van der Waals surface area contributed by atoms with Crippen LogP contribution >= 0.6 is 15.9 Å². The summed E-state index contributed by atoms with van der Waals surface area (Å²) >= 11 is 3.25. The van der Waals surface area contributed by atoms with Gasteiger partial charge in [-0.25, -0.2) is 0 Å². The summed E-state index contributed by atoms with van der Waals surface area (Å²) in [6, 6.07) is 1.69. The van der Waals surface area contributed by atoms with Crippen molar-refractivity contribution in [3.8, 4) is 17.2 Å². The molecule has 0 radical (unpaired) electrons. The highest BCUT2D eigenvalue weighted by atomic mass is 79.9. The molecule has 0 bridgehead atoms. The summed E-state index contributed by atoms with van der Waals surface area (Å²) in [6.07, 6.45) is 1.16. The van der Waals surface area contributed by atoms with Crippen LogP contribution in [0.1, 0.15) is 12.0 Å². The average molecular weight is 289 g/mol. The Morgan fingerprint density at radius 1 is 1.31 bits per heavy atom. The number of rotatable bonds is 2. The van der Waals surface area contributed by atoms with Gasteiger partial charge in [0.25, 0.3) is 0 Å². The molecule has 4 nitrogen and oxygen atoms in total. The Labute approximate surface area is 102 Å². The molecule has 1 heterocycles. The predicted octanol–water partition coefficient (Wildman–Crippen LogP) is 1.85. The van der Waals surface area contributed by atoms with E-state index < -0.39 is 0 Å². The minimum Gasteiger partial charge on any atom is -0.506 e. The van der Waals surface area contributed by atoms with Crippen LogP contribution in [0.2, 0.25) is 0 Å². The number of aliphatic hydroxyl groups excluding tert-OH is 1. The van der Waals surface area contributed by atoms with Crippen molar-refractivity contribution in [2.75, 3.05) is 19.8 Å². The van der Waals surface area contributed by atoms with Crippen molar-refractivity contribution in [3.05, 3.63) is 16.1 Å². The molecule has 1 aliphatic heterocycles. The summed E-state index contributed by atoms with van der Waals surface area (Å²) in [7, 11) is 0. The summed E-state index contributed by atoms with van der Waals surface area (Å²) in [5.41, 5.74) is 0.591. The molecule has 0 aromatic heterocycles. The van der Waals surface area contributed by atoms with Crippen LogP contribution in [-0.2, 0) is 6.42 Å². The van der Waals surface area contributed by atoms with Crippen LogP contribution < -0.4 is 9.47 Å². The fourth-order valence-corrected chi connectivity index (χ4v) is 2.12. The molecule has 2 N–H and O–H groups in total. The Balaban J connectivity index is 2.51. The highest BCUT2D eigenvalue weighted by Gasteiger charge is 2.20. The molecule has 1 aromatic carbocycles. The highest BCUT2D eigenvalue weighted by molar-refractivity contribution is 9.10. The lowest BCUT2D eigenvalue weighted by atomic mass is 10.1. The molecule has 0 amide bonds. The summed E-state index contributed by atoms with van der Waals surface area (Å²) in [5, 5.41) is 18.9. The molecule has 0 fully saturated rings. The Kier molecular flexibility index (Phi) is 3.56. The number of aromatic hydroxyl groups is 1. The highest BCUT2D eigenvalue weighted by Crippen LogP contribution is 2.43. The largest absolute Gasteiger partial charge is 0.506 e. The zero-order valence-corrected chi connectivity index (χ0v) is 10.3. The van der Waals surface area contributed by atoms with Gasteiger partial charge in [-0.1, -0.05) is 0 Å². The van der Waals surface area contributed by atoms with Gasteiger partial charge < -0.3 is 19.7 Å². The van der Waals surface area contributed by atoms with Gasteiger partial charge in [0.15, 0.2) is 11.5 Å². The minimum absolute atomic E-state index is 0.0419. The lowest BCUT2D eigenvalue weighted by Gasteiger charge is -2.14. The van der Waals surface area contributed by atoms with E-state index in [1.807, 2.05) is 0 Å². The summed E-state index contributed by atoms with van der Waals surface area (Å²) in [4.78, 5) is 0. The van der Waals surface area contributed by atoms with Crippen LogP contribution in [0, 0.1) is 0 Å². The third-order valence-electron chi connectivity index (χ3n) is 2.42. The first kappa shape index (κ1) is 11.5. The van der Waals surface area contributed by atoms with Gasteiger partial charge >= 0.3 is 0 Å². The second-order valence-corrected chi connectivity index (χ2v) is 4.39. The van der Waals surface area contributed by atoms with E-state index in [0.717, 1.165) is 6.42 Å². The van der Waals surface area contributed by atoms with Gasteiger partial charge in [0, 0.05) is 31.1 Å². The first-order chi connectivity index (χ1) is 7.74. The Morgan fingerprint density at radius 3 is 2.81 bits per heavy atom. The van der Waals surface area contributed by atoms with Gasteiger partial charge in [0.05, 0.1) is 17.7 Å². The lowest BCUT2D eigenvalue weighted by molar-refractivity contribution is 0.284. The lowest BCUT2D eigenvalue weighted by Crippen LogP contribution is -2.00. The van der Waals surface area contributed by atoms with E-state index in [-0.39, 0.29) is 12.4 Å². The molecule has 5 heteroatoms. The number of ether oxygens (including phenoxy) is 2. The zero-order valence-electron chi connectivity index (χ0n) is 8.70. The van der Waals surface area contributed by atoms with Crippen molar-refractivity contribution in [1.82, 2.24) is 0 Å². The number of phenols is 1. The van der Waals surface area contributed by atoms with Crippen LogP contribution in [0.3, 0.4) is 0 Å². The SMILES string of the molecule is OCCc1c(O)c(Br)cc2c1OCCCO2. The predicted molar refractivity (Wildman–Crippen MR) is 62.2 cm³/mol. The number of phenolic OH excluding ortho intramolecular Hbond substituents is 1. The average Bonchev–Trinajstić information content (AvgIpc) is 2.50. The maximum atomic E-state index is 9.88. The van der Waals surface area contributed by atoms with Crippen molar-refractivity contribution in [2.24, 2.45) is 0 Å². The molecule has 1 aliphatic rings. The number of fused-ring (bicyclic) bond motifs is 1. The third kappa shape index (κ3) is 2.10. The van der Waals surface area contributed by atoms with Gasteiger partial charge in [-0.15, -0.1) is 0 Å². The summed E-state index contributed by atoms with van der Waals surface area (Å²) in [5.74, 6) is 1.27. The van der Waals surface area contributed by atoms with Gasteiger partial charge in [-0.3, -0.25) is 0 Å². The molecule has 2 rings (SSSR count). The van der Waals surface area contributed by atoms with Crippen LogP contribution in [0.5, 0.6) is 17.2 Å². The minimum atomic E-state index is -0.0419. The Morgan fingerprint density at radius 2 is 2.06 bits per heavy atom. The summed E-state index contributed by atoms with van der Waals surface area (Å²) < 4.78 is 11.6. The molecular weight excluding hydrogens is 276 g/mol. The second-order valence-electron chi connectivity index (χ2n) is 3.54. The fourth-order valence-electron chi connectivity index (χ4n) is 1.67. The number of aliphatic hydroxyl groups is 1. The van der Waals surface area contributed by atoms with E-state index >= 15 is 0 Å². The van der Waals surface area contributed by atoms with Crippen LogP contribution in [-0.4, -0.2) is 30.0 Å². The first-order valence-electron chi connectivity index (χ1n) is 5.15. The molecule has 0 saturated carbocycles. The molecule has 0 unspecified atom stereocenters. The molecule has 0 aliphatic carbocycles. The van der Waals surface area contributed by atoms with Gasteiger partial charge in [-0.05, 0) is 15.9 Å². The quantitative estimate of drug-likeness (QED) is 0.872. The molecular formula is C11H13BrO4. The maximum absolute atomic E-state index is 9.88.